The van der Waals surface area contributed by atoms with Gasteiger partial charge in [0.25, 0.3) is 10.0 Å². The fraction of sp³-hybridized carbons (Fsp3) is 0.125. The lowest BCUT2D eigenvalue weighted by Gasteiger charge is -2.08. The smallest absolute Gasteiger partial charge is 0.303 e. The van der Waals surface area contributed by atoms with Crippen molar-refractivity contribution in [2.24, 2.45) is 5.10 Å². The molecule has 2 rings (SSSR count). The molecule has 0 saturated carbocycles. The van der Waals surface area contributed by atoms with Gasteiger partial charge in [-0.05, 0) is 29.8 Å². The Kier molecular flexibility index (Phi) is 6.10. The summed E-state index contributed by atoms with van der Waals surface area (Å²) in [6.07, 6.45) is -0.0318. The van der Waals surface area contributed by atoms with Crippen LogP contribution in [0.4, 0.5) is 0 Å². The van der Waals surface area contributed by atoms with Crippen molar-refractivity contribution in [2.45, 2.75) is 17.7 Å². The van der Waals surface area contributed by atoms with Gasteiger partial charge in [-0.25, -0.2) is 0 Å². The van der Waals surface area contributed by atoms with Crippen LogP contribution in [0.2, 0.25) is 0 Å². The quantitative estimate of drug-likeness (QED) is 0.541. The van der Waals surface area contributed by atoms with Gasteiger partial charge in [-0.3, -0.25) is 4.79 Å². The average Bonchev–Trinajstić information content (AvgIpc) is 2.56. The number of halogens is 1. The Morgan fingerprint density at radius 3 is 2.25 bits per heavy atom. The van der Waals surface area contributed by atoms with Gasteiger partial charge in [0.1, 0.15) is 0 Å². The molecular weight excluding hydrogens is 396 g/mol. The first-order valence-electron chi connectivity index (χ1n) is 6.99. The third-order valence-electron chi connectivity index (χ3n) is 3.11. The van der Waals surface area contributed by atoms with E-state index < -0.39 is 16.0 Å². The van der Waals surface area contributed by atoms with E-state index in [1.54, 1.807) is 36.4 Å². The van der Waals surface area contributed by atoms with E-state index in [4.69, 9.17) is 5.11 Å². The minimum absolute atomic E-state index is 0.0695. The van der Waals surface area contributed by atoms with E-state index in [1.807, 2.05) is 6.07 Å². The number of hydrazone groups is 1. The summed E-state index contributed by atoms with van der Waals surface area (Å²) in [6, 6.07) is 15.0. The van der Waals surface area contributed by atoms with E-state index in [-0.39, 0.29) is 17.7 Å². The number of benzene rings is 2. The molecule has 2 N–H and O–H groups in total. The van der Waals surface area contributed by atoms with Crippen LogP contribution >= 0.6 is 15.9 Å². The first-order chi connectivity index (χ1) is 11.4. The third-order valence-corrected chi connectivity index (χ3v) is 4.86. The van der Waals surface area contributed by atoms with Crippen molar-refractivity contribution >= 4 is 37.6 Å². The van der Waals surface area contributed by atoms with Crippen molar-refractivity contribution < 1.29 is 18.3 Å². The molecule has 0 spiro atoms. The Hall–Kier alpha value is -2.19. The zero-order valence-electron chi connectivity index (χ0n) is 12.5. The highest BCUT2D eigenvalue weighted by molar-refractivity contribution is 9.10. The summed E-state index contributed by atoms with van der Waals surface area (Å²) in [5, 5.41) is 12.8. The van der Waals surface area contributed by atoms with Crippen LogP contribution in [0.3, 0.4) is 0 Å². The van der Waals surface area contributed by atoms with Crippen LogP contribution < -0.4 is 4.83 Å². The number of rotatable bonds is 7. The van der Waals surface area contributed by atoms with Gasteiger partial charge in [0, 0.05) is 10.9 Å². The highest BCUT2D eigenvalue weighted by Gasteiger charge is 2.14. The van der Waals surface area contributed by atoms with Gasteiger partial charge in [-0.2, -0.15) is 18.4 Å². The lowest BCUT2D eigenvalue weighted by Crippen LogP contribution is -2.21. The maximum Gasteiger partial charge on any atom is 0.303 e. The number of carboxylic acids is 1. The maximum atomic E-state index is 12.3. The number of nitrogens with zero attached hydrogens (tertiary/aromatic N) is 1. The molecule has 24 heavy (non-hydrogen) atoms. The lowest BCUT2D eigenvalue weighted by atomic mass is 10.1. The van der Waals surface area contributed by atoms with Crippen LogP contribution in [0.1, 0.15) is 18.4 Å². The first kappa shape index (κ1) is 18.2. The second-order valence-corrected chi connectivity index (χ2v) is 7.44. The molecule has 0 saturated heterocycles. The fourth-order valence-corrected chi connectivity index (χ4v) is 3.00. The predicted molar refractivity (Wildman–Crippen MR) is 94.3 cm³/mol. The minimum Gasteiger partial charge on any atom is -0.481 e. The molecule has 8 heteroatoms. The third kappa shape index (κ3) is 5.17. The van der Waals surface area contributed by atoms with Gasteiger partial charge in [0.15, 0.2) is 0 Å². The van der Waals surface area contributed by atoms with Gasteiger partial charge in [0.05, 0.1) is 17.0 Å². The lowest BCUT2D eigenvalue weighted by molar-refractivity contribution is -0.136. The summed E-state index contributed by atoms with van der Waals surface area (Å²) in [4.78, 5) is 13.0. The van der Waals surface area contributed by atoms with Crippen molar-refractivity contribution in [3.8, 4) is 0 Å². The molecule has 0 aliphatic carbocycles. The molecule has 126 valence electrons. The number of hydrogen-bond acceptors (Lipinski definition) is 4. The Balaban J connectivity index is 2.25. The standard InChI is InChI=1S/C16H15BrN2O4S/c17-13-6-8-14(9-7-13)24(22,23)19-18-15(10-11-16(20)21)12-4-2-1-3-5-12/h1-9,19H,10-11H2,(H,20,21)/b18-15-. The number of nitrogens with one attached hydrogen (secondary N) is 1. The summed E-state index contributed by atoms with van der Waals surface area (Å²) in [7, 11) is -3.82. The second kappa shape index (κ2) is 8.07. The van der Waals surface area contributed by atoms with Crippen LogP contribution in [-0.2, 0) is 14.8 Å². The number of aliphatic carboxylic acids is 1. The van der Waals surface area contributed by atoms with Crippen LogP contribution in [0.25, 0.3) is 0 Å². The van der Waals surface area contributed by atoms with Crippen molar-refractivity contribution in [1.29, 1.82) is 0 Å². The average molecular weight is 411 g/mol. The van der Waals surface area contributed by atoms with E-state index in [2.05, 4.69) is 25.9 Å². The van der Waals surface area contributed by atoms with Crippen LogP contribution in [0.15, 0.2) is 69.1 Å². The topological polar surface area (TPSA) is 95.8 Å². The van der Waals surface area contributed by atoms with E-state index in [0.29, 0.717) is 11.3 Å². The summed E-state index contributed by atoms with van der Waals surface area (Å²) in [5.74, 6) is -0.977. The minimum atomic E-state index is -3.82. The second-order valence-electron chi connectivity index (χ2n) is 4.87. The largest absolute Gasteiger partial charge is 0.481 e. The number of carbonyl (C=O) groups is 1. The van der Waals surface area contributed by atoms with E-state index in [0.717, 1.165) is 4.47 Å². The number of carboxylic acid groups (broad SMARTS) is 1. The number of sulfonamides is 1. The Labute approximate surface area is 148 Å². The molecule has 0 aliphatic rings. The van der Waals surface area contributed by atoms with Gasteiger partial charge in [-0.1, -0.05) is 46.3 Å². The SMILES string of the molecule is O=C(O)CC/C(=N/NS(=O)(=O)c1ccc(Br)cc1)c1ccccc1. The molecule has 0 aromatic heterocycles. The molecule has 0 atom stereocenters. The monoisotopic (exact) mass is 410 g/mol. The van der Waals surface area contributed by atoms with Gasteiger partial charge >= 0.3 is 5.97 Å². The molecule has 2 aromatic rings. The zero-order valence-corrected chi connectivity index (χ0v) is 14.9. The Morgan fingerprint density at radius 2 is 1.67 bits per heavy atom. The van der Waals surface area contributed by atoms with Crippen LogP contribution in [0.5, 0.6) is 0 Å². The van der Waals surface area contributed by atoms with E-state index >= 15 is 0 Å². The van der Waals surface area contributed by atoms with Crippen molar-refractivity contribution in [1.82, 2.24) is 4.83 Å². The summed E-state index contributed by atoms with van der Waals surface area (Å²) >= 11 is 3.24. The van der Waals surface area contributed by atoms with Gasteiger partial charge in [0.2, 0.25) is 0 Å². The van der Waals surface area contributed by atoms with Crippen LogP contribution in [-0.4, -0.2) is 25.2 Å². The molecule has 0 radical (unpaired) electrons. The molecule has 0 amide bonds. The molecular formula is C16H15BrN2O4S. The molecule has 6 nitrogen and oxygen atoms in total. The van der Waals surface area contributed by atoms with E-state index in [1.165, 1.54) is 12.1 Å². The van der Waals surface area contributed by atoms with Crippen LogP contribution in [0, 0.1) is 0 Å². The molecule has 0 bridgehead atoms. The Bertz CT molecular complexity index is 834. The molecule has 2 aromatic carbocycles. The number of hydrogen-bond donors (Lipinski definition) is 2. The molecule has 0 unspecified atom stereocenters. The van der Waals surface area contributed by atoms with E-state index in [9.17, 15) is 13.2 Å². The van der Waals surface area contributed by atoms with Gasteiger partial charge < -0.3 is 5.11 Å². The zero-order chi connectivity index (χ0) is 17.6. The first-order valence-corrected chi connectivity index (χ1v) is 9.27. The summed E-state index contributed by atoms with van der Waals surface area (Å²) in [6.45, 7) is 0. The molecule has 0 fully saturated rings. The predicted octanol–water partition coefficient (Wildman–Crippen LogP) is 3.00. The normalized spacial score (nSPS) is 12.0. The maximum absolute atomic E-state index is 12.3. The fourth-order valence-electron chi connectivity index (χ4n) is 1.90. The van der Waals surface area contributed by atoms with Crippen molar-refractivity contribution in [3.63, 3.8) is 0 Å². The molecule has 0 aliphatic heterocycles. The highest BCUT2D eigenvalue weighted by atomic mass is 79.9. The Morgan fingerprint density at radius 1 is 1.04 bits per heavy atom. The van der Waals surface area contributed by atoms with Gasteiger partial charge in [-0.15, -0.1) is 0 Å². The van der Waals surface area contributed by atoms with Crippen molar-refractivity contribution in [2.75, 3.05) is 0 Å². The molecule has 0 heterocycles. The summed E-state index contributed by atoms with van der Waals surface area (Å²) < 4.78 is 25.3. The highest BCUT2D eigenvalue weighted by Crippen LogP contribution is 2.15. The van der Waals surface area contributed by atoms with Crippen molar-refractivity contribution in [3.05, 3.63) is 64.6 Å². The summed E-state index contributed by atoms with van der Waals surface area (Å²) in [5.41, 5.74) is 1.02.